The van der Waals surface area contributed by atoms with E-state index in [1.165, 1.54) is 43.3 Å². The standard InChI is InChI=1S/C22H21N3O5S/c1-2-31(29,30)19-10-6-9-18(14-19)24-22(26)17-11-12-20(21(13-17)25(27)28)23-15-16-7-4-3-5-8-16/h3-14,23H,2,15H2,1H3,(H,24,26). The fraction of sp³-hybridized carbons (Fsp3) is 0.136. The van der Waals surface area contributed by atoms with Gasteiger partial charge in [0.25, 0.3) is 11.6 Å². The second kappa shape index (κ2) is 9.40. The Labute approximate surface area is 180 Å². The van der Waals surface area contributed by atoms with Gasteiger partial charge in [-0.3, -0.25) is 14.9 Å². The molecule has 0 fully saturated rings. The van der Waals surface area contributed by atoms with Crippen LogP contribution in [0.25, 0.3) is 0 Å². The lowest BCUT2D eigenvalue weighted by Gasteiger charge is -2.10. The SMILES string of the molecule is CCS(=O)(=O)c1cccc(NC(=O)c2ccc(NCc3ccccc3)c([N+](=O)[O-])c2)c1. The molecule has 0 unspecified atom stereocenters. The zero-order valence-corrected chi connectivity index (χ0v) is 17.6. The zero-order chi connectivity index (χ0) is 22.4. The number of amides is 1. The lowest BCUT2D eigenvalue weighted by atomic mass is 10.1. The van der Waals surface area contributed by atoms with Crippen LogP contribution < -0.4 is 10.6 Å². The van der Waals surface area contributed by atoms with Crippen molar-refractivity contribution in [2.45, 2.75) is 18.4 Å². The van der Waals surface area contributed by atoms with Gasteiger partial charge in [0.05, 0.1) is 15.6 Å². The molecule has 0 saturated heterocycles. The Morgan fingerprint density at radius 1 is 1.00 bits per heavy atom. The Balaban J connectivity index is 1.80. The number of carbonyl (C=O) groups is 1. The van der Waals surface area contributed by atoms with E-state index in [9.17, 15) is 23.3 Å². The average Bonchev–Trinajstić information content (AvgIpc) is 2.78. The van der Waals surface area contributed by atoms with E-state index in [1.807, 2.05) is 30.3 Å². The largest absolute Gasteiger partial charge is 0.375 e. The molecule has 0 radical (unpaired) electrons. The predicted octanol–water partition coefficient (Wildman–Crippen LogP) is 4.25. The summed E-state index contributed by atoms with van der Waals surface area (Å²) in [5.74, 6) is -0.641. The number of hydrogen-bond acceptors (Lipinski definition) is 6. The Kier molecular flexibility index (Phi) is 6.66. The number of carbonyl (C=O) groups excluding carboxylic acids is 1. The number of nitrogens with zero attached hydrogens (tertiary/aromatic N) is 1. The zero-order valence-electron chi connectivity index (χ0n) is 16.7. The molecule has 0 atom stereocenters. The summed E-state index contributed by atoms with van der Waals surface area (Å²) in [4.78, 5) is 23.7. The highest BCUT2D eigenvalue weighted by molar-refractivity contribution is 7.91. The molecular weight excluding hydrogens is 418 g/mol. The maximum atomic E-state index is 12.6. The molecule has 160 valence electrons. The average molecular weight is 439 g/mol. The van der Waals surface area contributed by atoms with Crippen molar-refractivity contribution in [2.75, 3.05) is 16.4 Å². The van der Waals surface area contributed by atoms with Crippen LogP contribution in [-0.4, -0.2) is 25.0 Å². The number of nitro groups is 1. The van der Waals surface area contributed by atoms with Crippen molar-refractivity contribution in [1.29, 1.82) is 0 Å². The summed E-state index contributed by atoms with van der Waals surface area (Å²) >= 11 is 0. The minimum Gasteiger partial charge on any atom is -0.375 e. The van der Waals surface area contributed by atoms with Gasteiger partial charge in [0.2, 0.25) is 0 Å². The molecule has 0 bridgehead atoms. The van der Waals surface area contributed by atoms with Gasteiger partial charge in [0.15, 0.2) is 9.84 Å². The smallest absolute Gasteiger partial charge is 0.293 e. The first-order valence-electron chi connectivity index (χ1n) is 9.50. The van der Waals surface area contributed by atoms with Gasteiger partial charge in [0.1, 0.15) is 5.69 Å². The van der Waals surface area contributed by atoms with Crippen LogP contribution in [0.3, 0.4) is 0 Å². The maximum absolute atomic E-state index is 12.6. The van der Waals surface area contributed by atoms with E-state index in [1.54, 1.807) is 6.07 Å². The molecule has 0 spiro atoms. The van der Waals surface area contributed by atoms with Crippen molar-refractivity contribution in [3.05, 3.63) is 94.0 Å². The third-order valence-corrected chi connectivity index (χ3v) is 6.35. The Bertz CT molecular complexity index is 1210. The first-order chi connectivity index (χ1) is 14.8. The molecule has 0 aliphatic rings. The molecule has 0 aliphatic heterocycles. The number of nitro benzene ring substituents is 1. The fourth-order valence-corrected chi connectivity index (χ4v) is 3.83. The van der Waals surface area contributed by atoms with E-state index in [4.69, 9.17) is 0 Å². The molecule has 0 heterocycles. The lowest BCUT2D eigenvalue weighted by Crippen LogP contribution is -2.13. The summed E-state index contributed by atoms with van der Waals surface area (Å²) in [6.07, 6.45) is 0. The minimum absolute atomic E-state index is 0.0615. The van der Waals surface area contributed by atoms with Gasteiger partial charge in [0, 0.05) is 23.9 Å². The Hall–Kier alpha value is -3.72. The van der Waals surface area contributed by atoms with E-state index in [2.05, 4.69) is 10.6 Å². The van der Waals surface area contributed by atoms with Crippen LogP contribution in [0.15, 0.2) is 77.7 Å². The summed E-state index contributed by atoms with van der Waals surface area (Å²) in [6.45, 7) is 1.93. The molecule has 31 heavy (non-hydrogen) atoms. The van der Waals surface area contributed by atoms with Crippen molar-refractivity contribution in [1.82, 2.24) is 0 Å². The van der Waals surface area contributed by atoms with Crippen LogP contribution in [0.1, 0.15) is 22.8 Å². The third kappa shape index (κ3) is 5.46. The molecule has 3 rings (SSSR count). The third-order valence-electron chi connectivity index (χ3n) is 4.61. The summed E-state index contributed by atoms with van der Waals surface area (Å²) in [5, 5.41) is 17.1. The topological polar surface area (TPSA) is 118 Å². The number of anilines is 2. The van der Waals surface area contributed by atoms with Gasteiger partial charge >= 0.3 is 0 Å². The van der Waals surface area contributed by atoms with Crippen LogP contribution in [-0.2, 0) is 16.4 Å². The normalized spacial score (nSPS) is 11.0. The van der Waals surface area contributed by atoms with Crippen LogP contribution >= 0.6 is 0 Å². The van der Waals surface area contributed by atoms with Crippen LogP contribution in [0, 0.1) is 10.1 Å². The number of rotatable bonds is 8. The Morgan fingerprint density at radius 3 is 2.42 bits per heavy atom. The second-order valence-corrected chi connectivity index (χ2v) is 8.99. The van der Waals surface area contributed by atoms with E-state index in [-0.39, 0.29) is 27.6 Å². The molecule has 3 aromatic rings. The van der Waals surface area contributed by atoms with E-state index in [0.717, 1.165) is 5.56 Å². The highest BCUT2D eigenvalue weighted by atomic mass is 32.2. The first-order valence-corrected chi connectivity index (χ1v) is 11.2. The lowest BCUT2D eigenvalue weighted by molar-refractivity contribution is -0.384. The van der Waals surface area contributed by atoms with E-state index < -0.39 is 20.7 Å². The summed E-state index contributed by atoms with van der Waals surface area (Å²) < 4.78 is 24.1. The molecule has 0 saturated carbocycles. The van der Waals surface area contributed by atoms with Crippen LogP contribution in [0.5, 0.6) is 0 Å². The number of benzene rings is 3. The highest BCUT2D eigenvalue weighted by Crippen LogP contribution is 2.27. The van der Waals surface area contributed by atoms with Gasteiger partial charge in [-0.05, 0) is 35.9 Å². The molecule has 2 N–H and O–H groups in total. The van der Waals surface area contributed by atoms with Crippen molar-refractivity contribution in [3.8, 4) is 0 Å². The Morgan fingerprint density at radius 2 is 1.74 bits per heavy atom. The summed E-state index contributed by atoms with van der Waals surface area (Å²) in [5.41, 5.74) is 1.39. The number of nitrogens with one attached hydrogen (secondary N) is 2. The minimum atomic E-state index is -3.42. The fourth-order valence-electron chi connectivity index (χ4n) is 2.90. The van der Waals surface area contributed by atoms with Crippen molar-refractivity contribution < 1.29 is 18.1 Å². The number of hydrogen-bond donors (Lipinski definition) is 2. The number of sulfone groups is 1. The van der Waals surface area contributed by atoms with Crippen LogP contribution in [0.4, 0.5) is 17.1 Å². The molecule has 9 heteroatoms. The summed E-state index contributed by atoms with van der Waals surface area (Å²) in [6, 6.07) is 19.5. The molecule has 0 aliphatic carbocycles. The monoisotopic (exact) mass is 439 g/mol. The predicted molar refractivity (Wildman–Crippen MR) is 119 cm³/mol. The maximum Gasteiger partial charge on any atom is 0.293 e. The van der Waals surface area contributed by atoms with Crippen LogP contribution in [0.2, 0.25) is 0 Å². The van der Waals surface area contributed by atoms with Crippen molar-refractivity contribution in [2.24, 2.45) is 0 Å². The molecule has 1 amide bonds. The molecule has 3 aromatic carbocycles. The van der Waals surface area contributed by atoms with E-state index in [0.29, 0.717) is 12.2 Å². The molecule has 8 nitrogen and oxygen atoms in total. The summed E-state index contributed by atoms with van der Waals surface area (Å²) in [7, 11) is -3.42. The second-order valence-electron chi connectivity index (χ2n) is 6.71. The molecule has 0 aromatic heterocycles. The highest BCUT2D eigenvalue weighted by Gasteiger charge is 2.18. The van der Waals surface area contributed by atoms with Gasteiger partial charge in [-0.25, -0.2) is 8.42 Å². The molecular formula is C22H21N3O5S. The quantitative estimate of drug-likeness (QED) is 0.400. The van der Waals surface area contributed by atoms with Gasteiger partial charge < -0.3 is 10.6 Å². The van der Waals surface area contributed by atoms with Crippen molar-refractivity contribution in [3.63, 3.8) is 0 Å². The first kappa shape index (κ1) is 22.0. The van der Waals surface area contributed by atoms with Gasteiger partial charge in [-0.2, -0.15) is 0 Å². The van der Waals surface area contributed by atoms with Gasteiger partial charge in [-0.1, -0.05) is 43.3 Å². The van der Waals surface area contributed by atoms with Gasteiger partial charge in [-0.15, -0.1) is 0 Å². The van der Waals surface area contributed by atoms with Crippen molar-refractivity contribution >= 4 is 32.8 Å². The van der Waals surface area contributed by atoms with E-state index >= 15 is 0 Å².